The van der Waals surface area contributed by atoms with Gasteiger partial charge in [0.05, 0.1) is 12.0 Å². The van der Waals surface area contributed by atoms with Gasteiger partial charge in [-0.1, -0.05) is 0 Å². The van der Waals surface area contributed by atoms with E-state index in [9.17, 15) is 4.39 Å². The summed E-state index contributed by atoms with van der Waals surface area (Å²) >= 11 is 1.63. The first-order valence-corrected chi connectivity index (χ1v) is 10.4. The molecule has 0 aliphatic heterocycles. The van der Waals surface area contributed by atoms with Crippen molar-refractivity contribution in [1.82, 2.24) is 9.97 Å². The number of halogens is 1. The molecule has 0 saturated heterocycles. The van der Waals surface area contributed by atoms with Crippen LogP contribution in [-0.2, 0) is 0 Å². The summed E-state index contributed by atoms with van der Waals surface area (Å²) in [5.41, 5.74) is 3.75. The van der Waals surface area contributed by atoms with Gasteiger partial charge in [-0.2, -0.15) is 0 Å². The number of nitrogens with zero attached hydrogens (tertiary/aromatic N) is 1. The second-order valence-corrected chi connectivity index (χ2v) is 8.43. The molecular formula is C23H17FN2O2S. The zero-order chi connectivity index (χ0) is 19.5. The van der Waals surface area contributed by atoms with Crippen molar-refractivity contribution in [2.24, 2.45) is 0 Å². The van der Waals surface area contributed by atoms with Gasteiger partial charge in [0.15, 0.2) is 0 Å². The van der Waals surface area contributed by atoms with E-state index in [4.69, 9.17) is 9.15 Å². The highest BCUT2D eigenvalue weighted by Crippen LogP contribution is 2.50. The predicted molar refractivity (Wildman–Crippen MR) is 113 cm³/mol. The number of H-pyrrole nitrogens is 1. The minimum absolute atomic E-state index is 0.251. The van der Waals surface area contributed by atoms with E-state index in [-0.39, 0.29) is 5.82 Å². The molecule has 29 heavy (non-hydrogen) atoms. The maximum absolute atomic E-state index is 13.5. The van der Waals surface area contributed by atoms with E-state index in [0.717, 1.165) is 67.2 Å². The Morgan fingerprint density at radius 1 is 1.17 bits per heavy atom. The van der Waals surface area contributed by atoms with Gasteiger partial charge in [-0.25, -0.2) is 9.37 Å². The van der Waals surface area contributed by atoms with Crippen LogP contribution in [0.3, 0.4) is 0 Å². The molecule has 3 heterocycles. The Kier molecular flexibility index (Phi) is 3.59. The molecule has 1 fully saturated rings. The van der Waals surface area contributed by atoms with Gasteiger partial charge in [0.25, 0.3) is 0 Å². The van der Waals surface area contributed by atoms with Crippen LogP contribution in [-0.4, -0.2) is 17.1 Å². The van der Waals surface area contributed by atoms with Crippen LogP contribution >= 0.6 is 11.3 Å². The average molecular weight is 404 g/mol. The van der Waals surface area contributed by atoms with Gasteiger partial charge < -0.3 is 14.1 Å². The van der Waals surface area contributed by atoms with Crippen LogP contribution in [0.15, 0.2) is 53.2 Å². The zero-order valence-electron chi connectivity index (χ0n) is 15.7. The summed E-state index contributed by atoms with van der Waals surface area (Å²) in [6.07, 6.45) is 6.12. The maximum atomic E-state index is 13.5. The number of furan rings is 1. The number of aromatic amines is 1. The Hall–Kier alpha value is -3.12. The number of benzene rings is 2. The number of hydrogen-bond acceptors (Lipinski definition) is 4. The summed E-state index contributed by atoms with van der Waals surface area (Å²) in [5, 5.41) is 2.92. The van der Waals surface area contributed by atoms with E-state index in [1.165, 1.54) is 12.1 Å². The lowest BCUT2D eigenvalue weighted by atomic mass is 10.1. The molecule has 0 bridgehead atoms. The summed E-state index contributed by atoms with van der Waals surface area (Å²) < 4.78 is 25.2. The number of hydrogen-bond donors (Lipinski definition) is 1. The summed E-state index contributed by atoms with van der Waals surface area (Å²) in [4.78, 5) is 8.91. The second-order valence-electron chi connectivity index (χ2n) is 7.40. The van der Waals surface area contributed by atoms with Gasteiger partial charge >= 0.3 is 0 Å². The molecule has 1 saturated carbocycles. The van der Waals surface area contributed by atoms with Crippen LogP contribution in [0.25, 0.3) is 42.9 Å². The summed E-state index contributed by atoms with van der Waals surface area (Å²) in [5.74, 6) is 2.08. The van der Waals surface area contributed by atoms with E-state index in [1.807, 2.05) is 30.6 Å². The van der Waals surface area contributed by atoms with Crippen molar-refractivity contribution in [1.29, 1.82) is 0 Å². The largest absolute Gasteiger partial charge is 0.497 e. The van der Waals surface area contributed by atoms with E-state index >= 15 is 0 Å². The van der Waals surface area contributed by atoms with Crippen molar-refractivity contribution in [3.05, 3.63) is 60.4 Å². The normalized spacial score (nSPS) is 14.1. The van der Waals surface area contributed by atoms with E-state index < -0.39 is 0 Å². The van der Waals surface area contributed by atoms with Crippen LogP contribution in [0.1, 0.15) is 24.5 Å². The molecular weight excluding hydrogens is 387 g/mol. The van der Waals surface area contributed by atoms with Gasteiger partial charge in [-0.05, 0) is 49.2 Å². The van der Waals surface area contributed by atoms with Crippen molar-refractivity contribution in [2.75, 3.05) is 7.11 Å². The first kappa shape index (κ1) is 16.8. The van der Waals surface area contributed by atoms with Crippen LogP contribution < -0.4 is 4.74 Å². The Labute approximate surface area is 170 Å². The Balaban J connectivity index is 1.52. The standard InChI is InChI=1S/C23H17FN2O2S/c1-27-14-5-7-19-16(9-14)21(22(28-19)12-2-3-12)20-11-26-23(29-20)17-10-25-18-8-13(24)4-6-15(17)18/h4-12,25H,2-3H2,1H3. The topological polar surface area (TPSA) is 51.1 Å². The molecule has 1 aliphatic rings. The minimum Gasteiger partial charge on any atom is -0.497 e. The third-order valence-electron chi connectivity index (χ3n) is 5.50. The van der Waals surface area contributed by atoms with Crippen molar-refractivity contribution in [3.8, 4) is 26.8 Å². The highest BCUT2D eigenvalue weighted by molar-refractivity contribution is 7.18. The van der Waals surface area contributed by atoms with Crippen LogP contribution in [0, 0.1) is 5.82 Å². The number of fused-ring (bicyclic) bond motifs is 2. The molecule has 1 N–H and O–H groups in total. The fourth-order valence-corrected chi connectivity index (χ4v) is 4.91. The Morgan fingerprint density at radius 2 is 2.07 bits per heavy atom. The van der Waals surface area contributed by atoms with Crippen LogP contribution in [0.2, 0.25) is 0 Å². The van der Waals surface area contributed by atoms with Gasteiger partial charge in [0.2, 0.25) is 0 Å². The third kappa shape index (κ3) is 2.67. The third-order valence-corrected chi connectivity index (χ3v) is 6.54. The molecule has 3 aromatic heterocycles. The molecule has 144 valence electrons. The quantitative estimate of drug-likeness (QED) is 0.361. The number of rotatable bonds is 4. The highest BCUT2D eigenvalue weighted by atomic mass is 32.1. The summed E-state index contributed by atoms with van der Waals surface area (Å²) in [7, 11) is 1.67. The van der Waals surface area contributed by atoms with Crippen LogP contribution in [0.5, 0.6) is 5.75 Å². The van der Waals surface area contributed by atoms with Crippen molar-refractivity contribution < 1.29 is 13.5 Å². The highest BCUT2D eigenvalue weighted by Gasteiger charge is 2.32. The first-order chi connectivity index (χ1) is 14.2. The number of aromatic nitrogens is 2. The fraction of sp³-hybridized carbons (Fsp3) is 0.174. The molecule has 0 spiro atoms. The fourth-order valence-electron chi connectivity index (χ4n) is 3.90. The van der Waals surface area contributed by atoms with Crippen molar-refractivity contribution in [2.45, 2.75) is 18.8 Å². The van der Waals surface area contributed by atoms with Gasteiger partial charge in [0, 0.05) is 45.7 Å². The number of thiazole rings is 1. The number of nitrogens with one attached hydrogen (secondary N) is 1. The maximum Gasteiger partial charge on any atom is 0.135 e. The second kappa shape index (κ2) is 6.19. The SMILES string of the molecule is COc1ccc2oc(C3CC3)c(-c3cnc(-c4c[nH]c5cc(F)ccc45)s3)c2c1. The van der Waals surface area contributed by atoms with Crippen molar-refractivity contribution >= 4 is 33.2 Å². The monoisotopic (exact) mass is 404 g/mol. The molecule has 0 radical (unpaired) electrons. The molecule has 0 amide bonds. The molecule has 0 unspecified atom stereocenters. The van der Waals surface area contributed by atoms with Gasteiger partial charge in [0.1, 0.15) is 27.9 Å². The summed E-state index contributed by atoms with van der Waals surface area (Å²) in [6.45, 7) is 0. The molecule has 0 atom stereocenters. The number of methoxy groups -OCH3 is 1. The molecule has 4 nitrogen and oxygen atoms in total. The lowest BCUT2D eigenvalue weighted by Gasteiger charge is -2.00. The first-order valence-electron chi connectivity index (χ1n) is 9.55. The summed E-state index contributed by atoms with van der Waals surface area (Å²) in [6, 6.07) is 10.7. The zero-order valence-corrected chi connectivity index (χ0v) is 16.5. The van der Waals surface area contributed by atoms with E-state index in [2.05, 4.69) is 9.97 Å². The molecule has 1 aliphatic carbocycles. The Bertz CT molecular complexity index is 1380. The molecule has 6 heteroatoms. The molecule has 6 rings (SSSR count). The number of ether oxygens (including phenoxy) is 1. The average Bonchev–Trinajstić information content (AvgIpc) is 3.16. The Morgan fingerprint density at radius 3 is 2.90 bits per heavy atom. The molecule has 2 aromatic carbocycles. The lowest BCUT2D eigenvalue weighted by Crippen LogP contribution is -1.82. The smallest absolute Gasteiger partial charge is 0.135 e. The van der Waals surface area contributed by atoms with E-state index in [1.54, 1.807) is 24.5 Å². The van der Waals surface area contributed by atoms with Crippen molar-refractivity contribution in [3.63, 3.8) is 0 Å². The van der Waals surface area contributed by atoms with Gasteiger partial charge in [-0.15, -0.1) is 11.3 Å². The van der Waals surface area contributed by atoms with Crippen LogP contribution in [0.4, 0.5) is 4.39 Å². The van der Waals surface area contributed by atoms with Gasteiger partial charge in [-0.3, -0.25) is 0 Å². The lowest BCUT2D eigenvalue weighted by molar-refractivity contribution is 0.415. The minimum atomic E-state index is -0.251. The molecule has 5 aromatic rings. The predicted octanol–water partition coefficient (Wildman–Crippen LogP) is 6.73. The van der Waals surface area contributed by atoms with E-state index in [0.29, 0.717) is 5.92 Å².